The molecule has 1 unspecified atom stereocenters. The molecule has 0 aliphatic carbocycles. The van der Waals surface area contributed by atoms with Crippen LogP contribution in [0.3, 0.4) is 0 Å². The number of anilines is 1. The number of benzene rings is 1. The molecule has 1 aromatic rings. The van der Waals surface area contributed by atoms with Crippen LogP contribution in [0, 0.1) is 16.0 Å². The first kappa shape index (κ1) is 17.0. The predicted molar refractivity (Wildman–Crippen MR) is 83.8 cm³/mol. The highest BCUT2D eigenvalue weighted by atomic mass is 35.5. The zero-order chi connectivity index (χ0) is 15.4. The molecule has 5 nitrogen and oxygen atoms in total. The molecule has 0 saturated carbocycles. The molecule has 0 saturated heterocycles. The average Bonchev–Trinajstić information content (AvgIpc) is 2.37. The fraction of sp³-hybridized carbons (Fsp3) is 0.538. The Kier molecular flexibility index (Phi) is 6.05. The number of hydrogen-bond donors (Lipinski definition) is 1. The summed E-state index contributed by atoms with van der Waals surface area (Å²) < 4.78 is 0. The quantitative estimate of drug-likeness (QED) is 0.640. The van der Waals surface area contributed by atoms with E-state index in [0.29, 0.717) is 23.2 Å². The van der Waals surface area contributed by atoms with Gasteiger partial charge in [0.15, 0.2) is 0 Å². The highest BCUT2D eigenvalue weighted by Gasteiger charge is 2.20. The second kappa shape index (κ2) is 7.11. The van der Waals surface area contributed by atoms with E-state index in [4.69, 9.17) is 28.9 Å². The number of halogens is 2. The van der Waals surface area contributed by atoms with Crippen molar-refractivity contribution in [2.75, 3.05) is 18.5 Å². The van der Waals surface area contributed by atoms with Crippen LogP contribution in [0.15, 0.2) is 12.1 Å². The monoisotopic (exact) mass is 319 g/mol. The molecule has 1 aromatic carbocycles. The van der Waals surface area contributed by atoms with Gasteiger partial charge in [0.2, 0.25) is 0 Å². The third-order valence-electron chi connectivity index (χ3n) is 3.28. The summed E-state index contributed by atoms with van der Waals surface area (Å²) in [5.74, 6) is 0.368. The number of nitrogens with zero attached hydrogens (tertiary/aromatic N) is 2. The maximum atomic E-state index is 11.1. The van der Waals surface area contributed by atoms with Crippen molar-refractivity contribution in [1.29, 1.82) is 0 Å². The summed E-state index contributed by atoms with van der Waals surface area (Å²) >= 11 is 11.8. The molecule has 0 bridgehead atoms. The Hall–Kier alpha value is -1.04. The van der Waals surface area contributed by atoms with Crippen molar-refractivity contribution in [2.45, 2.75) is 26.3 Å². The van der Waals surface area contributed by atoms with Gasteiger partial charge in [-0.05, 0) is 18.4 Å². The normalized spacial score (nSPS) is 12.6. The molecule has 0 spiro atoms. The SMILES string of the molecule is CC(C)C(N)CCN(C)c1cc(Cl)c(Cl)cc1[N+](=O)[O-]. The minimum absolute atomic E-state index is 0.0549. The lowest BCUT2D eigenvalue weighted by Crippen LogP contribution is -2.32. The molecule has 0 fully saturated rings. The minimum Gasteiger partial charge on any atom is -0.369 e. The van der Waals surface area contributed by atoms with Gasteiger partial charge in [-0.1, -0.05) is 37.0 Å². The largest absolute Gasteiger partial charge is 0.369 e. The smallest absolute Gasteiger partial charge is 0.294 e. The maximum Gasteiger partial charge on any atom is 0.294 e. The van der Waals surface area contributed by atoms with Gasteiger partial charge in [-0.2, -0.15) is 0 Å². The average molecular weight is 320 g/mol. The van der Waals surface area contributed by atoms with Crippen LogP contribution in [0.4, 0.5) is 11.4 Å². The van der Waals surface area contributed by atoms with Crippen LogP contribution < -0.4 is 10.6 Å². The number of nitro benzene ring substituents is 1. The van der Waals surface area contributed by atoms with Gasteiger partial charge in [0.25, 0.3) is 5.69 Å². The third kappa shape index (κ3) is 4.23. The van der Waals surface area contributed by atoms with Gasteiger partial charge in [0.1, 0.15) is 5.69 Å². The zero-order valence-electron chi connectivity index (χ0n) is 11.8. The van der Waals surface area contributed by atoms with Gasteiger partial charge in [0.05, 0.1) is 15.0 Å². The lowest BCUT2D eigenvalue weighted by atomic mass is 10.0. The molecule has 0 aliphatic rings. The van der Waals surface area contributed by atoms with Crippen molar-refractivity contribution >= 4 is 34.6 Å². The van der Waals surface area contributed by atoms with Crippen LogP contribution in [0.2, 0.25) is 10.0 Å². The van der Waals surface area contributed by atoms with Crippen LogP contribution in [0.1, 0.15) is 20.3 Å². The third-order valence-corrected chi connectivity index (χ3v) is 4.00. The Balaban J connectivity index is 2.94. The summed E-state index contributed by atoms with van der Waals surface area (Å²) in [6.45, 7) is 4.71. The van der Waals surface area contributed by atoms with Crippen molar-refractivity contribution in [3.8, 4) is 0 Å². The Morgan fingerprint density at radius 2 is 1.90 bits per heavy atom. The van der Waals surface area contributed by atoms with E-state index in [-0.39, 0.29) is 16.8 Å². The Morgan fingerprint density at radius 1 is 1.35 bits per heavy atom. The van der Waals surface area contributed by atoms with Gasteiger partial charge >= 0.3 is 0 Å². The summed E-state index contributed by atoms with van der Waals surface area (Å²) in [6, 6.07) is 2.85. The topological polar surface area (TPSA) is 72.4 Å². The van der Waals surface area contributed by atoms with Crippen molar-refractivity contribution < 1.29 is 4.92 Å². The van der Waals surface area contributed by atoms with Crippen LogP contribution >= 0.6 is 23.2 Å². The van der Waals surface area contributed by atoms with E-state index in [1.807, 2.05) is 13.8 Å². The van der Waals surface area contributed by atoms with Crippen LogP contribution in [-0.2, 0) is 0 Å². The predicted octanol–water partition coefficient (Wildman–Crippen LogP) is 3.71. The Labute approximate surface area is 128 Å². The number of nitrogens with two attached hydrogens (primary N) is 1. The molecular weight excluding hydrogens is 301 g/mol. The fourth-order valence-electron chi connectivity index (χ4n) is 1.77. The van der Waals surface area contributed by atoms with Crippen molar-refractivity contribution in [1.82, 2.24) is 0 Å². The molecule has 0 aromatic heterocycles. The summed E-state index contributed by atoms with van der Waals surface area (Å²) in [7, 11) is 1.78. The molecule has 2 N–H and O–H groups in total. The molecule has 1 rings (SSSR count). The summed E-state index contributed by atoms with van der Waals surface area (Å²) in [4.78, 5) is 12.4. The lowest BCUT2D eigenvalue weighted by Gasteiger charge is -2.23. The van der Waals surface area contributed by atoms with E-state index in [0.717, 1.165) is 6.42 Å². The molecule has 0 aliphatic heterocycles. The van der Waals surface area contributed by atoms with E-state index in [9.17, 15) is 10.1 Å². The molecule has 20 heavy (non-hydrogen) atoms. The van der Waals surface area contributed by atoms with Gasteiger partial charge in [-0.15, -0.1) is 0 Å². The van der Waals surface area contributed by atoms with Crippen molar-refractivity contribution in [3.63, 3.8) is 0 Å². The number of nitro groups is 1. The first-order valence-electron chi connectivity index (χ1n) is 6.34. The molecule has 7 heteroatoms. The van der Waals surface area contributed by atoms with E-state index in [1.165, 1.54) is 12.1 Å². The summed E-state index contributed by atoms with van der Waals surface area (Å²) in [5, 5.41) is 11.6. The second-order valence-corrected chi connectivity index (χ2v) is 5.94. The highest BCUT2D eigenvalue weighted by molar-refractivity contribution is 6.42. The van der Waals surface area contributed by atoms with Crippen LogP contribution in [0.25, 0.3) is 0 Å². The first-order chi connectivity index (χ1) is 9.23. The number of hydrogen-bond acceptors (Lipinski definition) is 4. The molecule has 0 amide bonds. The van der Waals surface area contributed by atoms with E-state index in [1.54, 1.807) is 11.9 Å². The Morgan fingerprint density at radius 3 is 2.40 bits per heavy atom. The molecule has 0 heterocycles. The Bertz CT molecular complexity index is 495. The number of rotatable bonds is 6. The van der Waals surface area contributed by atoms with Crippen LogP contribution in [0.5, 0.6) is 0 Å². The minimum atomic E-state index is -0.462. The summed E-state index contributed by atoms with van der Waals surface area (Å²) in [5.41, 5.74) is 6.38. The van der Waals surface area contributed by atoms with Crippen LogP contribution in [-0.4, -0.2) is 24.6 Å². The second-order valence-electron chi connectivity index (χ2n) is 5.13. The molecule has 112 valence electrons. The van der Waals surface area contributed by atoms with Crippen molar-refractivity contribution in [3.05, 3.63) is 32.3 Å². The van der Waals surface area contributed by atoms with E-state index < -0.39 is 4.92 Å². The van der Waals surface area contributed by atoms with Gasteiger partial charge in [0, 0.05) is 25.7 Å². The molecular formula is C13H19Cl2N3O2. The van der Waals surface area contributed by atoms with Crippen molar-refractivity contribution in [2.24, 2.45) is 11.7 Å². The molecule has 0 radical (unpaired) electrons. The fourth-order valence-corrected chi connectivity index (χ4v) is 2.09. The summed E-state index contributed by atoms with van der Waals surface area (Å²) in [6.07, 6.45) is 0.742. The van der Waals surface area contributed by atoms with Gasteiger partial charge in [-0.3, -0.25) is 10.1 Å². The standard InChI is InChI=1S/C13H19Cl2N3O2/c1-8(2)11(16)4-5-17(3)12-6-9(14)10(15)7-13(12)18(19)20/h6-8,11H,4-5,16H2,1-3H3. The highest BCUT2D eigenvalue weighted by Crippen LogP contribution is 2.35. The van der Waals surface area contributed by atoms with E-state index in [2.05, 4.69) is 0 Å². The molecule has 1 atom stereocenters. The lowest BCUT2D eigenvalue weighted by molar-refractivity contribution is -0.384. The first-order valence-corrected chi connectivity index (χ1v) is 7.09. The van der Waals surface area contributed by atoms with Gasteiger partial charge in [-0.25, -0.2) is 0 Å². The maximum absolute atomic E-state index is 11.1. The van der Waals surface area contributed by atoms with Gasteiger partial charge < -0.3 is 10.6 Å². The zero-order valence-corrected chi connectivity index (χ0v) is 13.3. The van der Waals surface area contributed by atoms with E-state index >= 15 is 0 Å².